The fraction of sp³-hybridized carbons (Fsp3) is 0.154. The van der Waals surface area contributed by atoms with Gasteiger partial charge in [0.1, 0.15) is 5.58 Å². The molecule has 1 aliphatic rings. The van der Waals surface area contributed by atoms with E-state index in [1.54, 1.807) is 23.1 Å². The first-order chi connectivity index (χ1) is 15.3. The molecule has 0 fully saturated rings. The van der Waals surface area contributed by atoms with Crippen LogP contribution >= 0.6 is 23.2 Å². The van der Waals surface area contributed by atoms with E-state index in [4.69, 9.17) is 27.6 Å². The third-order valence-corrected chi connectivity index (χ3v) is 6.76. The van der Waals surface area contributed by atoms with Crippen molar-refractivity contribution in [3.8, 4) is 0 Å². The van der Waals surface area contributed by atoms with E-state index >= 15 is 0 Å². The van der Waals surface area contributed by atoms with Gasteiger partial charge in [-0.15, -0.1) is 0 Å². The fourth-order valence-electron chi connectivity index (χ4n) is 4.19. The first kappa shape index (κ1) is 20.8. The molecule has 32 heavy (non-hydrogen) atoms. The second-order valence-electron chi connectivity index (χ2n) is 8.17. The number of aryl methyl sites for hydroxylation is 3. The number of carbonyl (C=O) groups excluding carboxylic acids is 1. The average molecular weight is 464 g/mol. The summed E-state index contributed by atoms with van der Waals surface area (Å²) in [7, 11) is 0. The van der Waals surface area contributed by atoms with Crippen molar-refractivity contribution in [1.29, 1.82) is 0 Å². The summed E-state index contributed by atoms with van der Waals surface area (Å²) in [6.45, 7) is 5.79. The average Bonchev–Trinajstić information content (AvgIpc) is 3.05. The van der Waals surface area contributed by atoms with Crippen LogP contribution in [-0.2, 0) is 0 Å². The van der Waals surface area contributed by atoms with Gasteiger partial charge in [0, 0.05) is 15.7 Å². The first-order valence-electron chi connectivity index (χ1n) is 10.2. The Morgan fingerprint density at radius 3 is 2.22 bits per heavy atom. The third kappa shape index (κ3) is 3.14. The molecule has 1 amide bonds. The molecular formula is C26H19Cl2NO3. The van der Waals surface area contributed by atoms with Crippen LogP contribution in [0.1, 0.15) is 44.4 Å². The van der Waals surface area contributed by atoms with Gasteiger partial charge in [0.2, 0.25) is 5.76 Å². The predicted molar refractivity (Wildman–Crippen MR) is 128 cm³/mol. The molecule has 6 heteroatoms. The summed E-state index contributed by atoms with van der Waals surface area (Å²) in [5.74, 6) is -0.320. The number of hydrogen-bond acceptors (Lipinski definition) is 3. The van der Waals surface area contributed by atoms with E-state index in [-0.39, 0.29) is 17.1 Å². The molecule has 0 spiro atoms. The van der Waals surface area contributed by atoms with Gasteiger partial charge < -0.3 is 4.42 Å². The predicted octanol–water partition coefficient (Wildman–Crippen LogP) is 6.77. The van der Waals surface area contributed by atoms with Crippen molar-refractivity contribution in [3.63, 3.8) is 0 Å². The number of benzene rings is 3. The summed E-state index contributed by atoms with van der Waals surface area (Å²) in [5, 5.41) is 1.57. The number of amides is 1. The minimum absolute atomic E-state index is 0.0578. The van der Waals surface area contributed by atoms with Crippen LogP contribution in [0.25, 0.3) is 11.0 Å². The zero-order valence-electron chi connectivity index (χ0n) is 17.7. The van der Waals surface area contributed by atoms with Crippen molar-refractivity contribution in [2.24, 2.45) is 0 Å². The number of carbonyl (C=O) groups is 1. The topological polar surface area (TPSA) is 50.5 Å². The largest absolute Gasteiger partial charge is 0.450 e. The lowest BCUT2D eigenvalue weighted by atomic mass is 9.97. The van der Waals surface area contributed by atoms with E-state index in [0.717, 1.165) is 22.3 Å². The van der Waals surface area contributed by atoms with Crippen molar-refractivity contribution < 1.29 is 9.21 Å². The molecule has 4 nitrogen and oxygen atoms in total. The van der Waals surface area contributed by atoms with Gasteiger partial charge in [-0.1, -0.05) is 41.4 Å². The maximum atomic E-state index is 13.7. The zero-order valence-corrected chi connectivity index (χ0v) is 19.2. The Balaban J connectivity index is 1.82. The highest BCUT2D eigenvalue weighted by Crippen LogP contribution is 2.42. The van der Waals surface area contributed by atoms with Crippen molar-refractivity contribution in [1.82, 2.24) is 0 Å². The lowest BCUT2D eigenvalue weighted by molar-refractivity contribution is 0.0971. The van der Waals surface area contributed by atoms with Crippen molar-refractivity contribution >= 4 is 45.8 Å². The molecule has 0 saturated heterocycles. The molecule has 5 rings (SSSR count). The zero-order chi connectivity index (χ0) is 22.7. The fourth-order valence-corrected chi connectivity index (χ4v) is 4.49. The van der Waals surface area contributed by atoms with Gasteiger partial charge in [-0.2, -0.15) is 0 Å². The summed E-state index contributed by atoms with van der Waals surface area (Å²) in [4.78, 5) is 28.9. The normalized spacial score (nSPS) is 15.5. The van der Waals surface area contributed by atoms with Crippen LogP contribution in [-0.4, -0.2) is 5.91 Å². The van der Waals surface area contributed by atoms with Crippen LogP contribution in [0.5, 0.6) is 0 Å². The molecule has 0 aliphatic carbocycles. The van der Waals surface area contributed by atoms with Crippen LogP contribution in [0, 0.1) is 20.8 Å². The molecule has 0 N–H and O–H groups in total. The van der Waals surface area contributed by atoms with Crippen molar-refractivity contribution in [2.75, 3.05) is 4.90 Å². The summed E-state index contributed by atoms with van der Waals surface area (Å²) in [6.07, 6.45) is 0. The lowest BCUT2D eigenvalue weighted by Crippen LogP contribution is -2.29. The van der Waals surface area contributed by atoms with Gasteiger partial charge in [-0.05, 0) is 79.4 Å². The van der Waals surface area contributed by atoms with E-state index < -0.39 is 6.04 Å². The molecule has 160 valence electrons. The summed E-state index contributed by atoms with van der Waals surface area (Å²) in [5.41, 5.74) is 4.74. The molecule has 0 bridgehead atoms. The lowest BCUT2D eigenvalue weighted by Gasteiger charge is -2.25. The van der Waals surface area contributed by atoms with E-state index in [0.29, 0.717) is 32.3 Å². The number of rotatable bonds is 2. The van der Waals surface area contributed by atoms with Gasteiger partial charge in [-0.3, -0.25) is 14.5 Å². The van der Waals surface area contributed by atoms with Crippen LogP contribution in [0.3, 0.4) is 0 Å². The molecule has 0 radical (unpaired) electrons. The molecule has 0 saturated carbocycles. The number of fused-ring (bicyclic) bond motifs is 2. The highest BCUT2D eigenvalue weighted by atomic mass is 35.5. The maximum Gasteiger partial charge on any atom is 0.295 e. The van der Waals surface area contributed by atoms with Crippen molar-refractivity contribution in [3.05, 3.63) is 108 Å². The molecule has 1 aliphatic heterocycles. The Labute approximate surface area is 195 Å². The Kier molecular flexibility index (Phi) is 4.88. The summed E-state index contributed by atoms with van der Waals surface area (Å²) >= 11 is 12.5. The number of halogens is 2. The SMILES string of the molecule is Cc1cc2oc3c(c(=O)c2cc1C)C(c1ccc(Cl)cc1)N(c1ccc(C)c(Cl)c1)C3=O. The Hall–Kier alpha value is -3.08. The molecule has 4 aromatic rings. The quantitative estimate of drug-likeness (QED) is 0.329. The van der Waals surface area contributed by atoms with Crippen LogP contribution in [0.2, 0.25) is 10.0 Å². The number of nitrogens with zero attached hydrogens (tertiary/aromatic N) is 1. The minimum atomic E-state index is -0.657. The second-order valence-corrected chi connectivity index (χ2v) is 9.01. The molecule has 1 aromatic heterocycles. The smallest absolute Gasteiger partial charge is 0.295 e. The van der Waals surface area contributed by atoms with E-state index in [9.17, 15) is 9.59 Å². The molecular weight excluding hydrogens is 445 g/mol. The molecule has 2 heterocycles. The maximum absolute atomic E-state index is 13.7. The van der Waals surface area contributed by atoms with Crippen LogP contribution in [0.15, 0.2) is 63.8 Å². The molecule has 1 unspecified atom stereocenters. The number of anilines is 1. The second kappa shape index (κ2) is 7.51. The standard InChI is InChI=1S/C26H19Cl2NO3/c1-13-4-9-18(12-20(13)28)29-23(16-5-7-17(27)8-6-16)22-24(30)19-10-14(2)15(3)11-21(19)32-25(22)26(29)31/h4-12,23H,1-3H3. The van der Waals surface area contributed by atoms with Gasteiger partial charge in [0.15, 0.2) is 5.43 Å². The Morgan fingerprint density at radius 2 is 1.53 bits per heavy atom. The Morgan fingerprint density at radius 1 is 0.844 bits per heavy atom. The van der Waals surface area contributed by atoms with Crippen LogP contribution in [0.4, 0.5) is 5.69 Å². The molecule has 3 aromatic carbocycles. The third-order valence-electron chi connectivity index (χ3n) is 6.11. The Bertz CT molecular complexity index is 1470. The van der Waals surface area contributed by atoms with Gasteiger partial charge in [-0.25, -0.2) is 0 Å². The summed E-state index contributed by atoms with van der Waals surface area (Å²) in [6, 6.07) is 15.5. The minimum Gasteiger partial charge on any atom is -0.450 e. The highest BCUT2D eigenvalue weighted by Gasteiger charge is 2.43. The first-order valence-corrected chi connectivity index (χ1v) is 10.9. The van der Waals surface area contributed by atoms with Gasteiger partial charge >= 0.3 is 0 Å². The van der Waals surface area contributed by atoms with E-state index in [1.165, 1.54) is 0 Å². The monoisotopic (exact) mass is 463 g/mol. The molecule has 1 atom stereocenters. The highest BCUT2D eigenvalue weighted by molar-refractivity contribution is 6.31. The summed E-state index contributed by atoms with van der Waals surface area (Å²) < 4.78 is 6.06. The van der Waals surface area contributed by atoms with Crippen LogP contribution < -0.4 is 10.3 Å². The van der Waals surface area contributed by atoms with E-state index in [1.807, 2.05) is 57.2 Å². The van der Waals surface area contributed by atoms with Crippen molar-refractivity contribution in [2.45, 2.75) is 26.8 Å². The number of hydrogen-bond donors (Lipinski definition) is 0. The van der Waals surface area contributed by atoms with Gasteiger partial charge in [0.05, 0.1) is 17.0 Å². The van der Waals surface area contributed by atoms with Gasteiger partial charge in [0.25, 0.3) is 5.91 Å². The van der Waals surface area contributed by atoms with E-state index in [2.05, 4.69) is 0 Å².